The van der Waals surface area contributed by atoms with Crippen molar-refractivity contribution in [3.05, 3.63) is 33.9 Å². The Hall–Kier alpha value is -2.83. The minimum Gasteiger partial charge on any atom is -0.496 e. The van der Waals surface area contributed by atoms with E-state index in [2.05, 4.69) is 10.1 Å². The molecule has 1 heterocycles. The molecule has 1 N–H and O–H groups in total. The van der Waals surface area contributed by atoms with Crippen molar-refractivity contribution in [3.63, 3.8) is 0 Å². The smallest absolute Gasteiger partial charge is 0.341 e. The predicted octanol–water partition coefficient (Wildman–Crippen LogP) is 3.07. The number of methoxy groups -OCH3 is 2. The molecular weight excluding hydrogens is 350 g/mol. The van der Waals surface area contributed by atoms with Gasteiger partial charge in [0.2, 0.25) is 5.91 Å². The maximum atomic E-state index is 12.2. The van der Waals surface area contributed by atoms with Gasteiger partial charge in [-0.05, 0) is 32.3 Å². The first-order valence-corrected chi connectivity index (χ1v) is 8.69. The van der Waals surface area contributed by atoms with Crippen molar-refractivity contribution in [2.45, 2.75) is 46.6 Å². The molecule has 0 aromatic heterocycles. The van der Waals surface area contributed by atoms with Crippen LogP contribution in [0.25, 0.3) is 0 Å². The van der Waals surface area contributed by atoms with Crippen LogP contribution in [-0.4, -0.2) is 32.1 Å². The molecule has 2 rings (SSSR count). The Morgan fingerprint density at radius 3 is 2.52 bits per heavy atom. The Balaban J connectivity index is 2.46. The second-order valence-corrected chi connectivity index (χ2v) is 6.45. The topological polar surface area (TPSA) is 90.9 Å². The van der Waals surface area contributed by atoms with Crippen LogP contribution in [0.2, 0.25) is 0 Å². The van der Waals surface area contributed by atoms with Gasteiger partial charge in [-0.15, -0.1) is 0 Å². The van der Waals surface area contributed by atoms with Crippen LogP contribution >= 0.6 is 0 Å². The van der Waals surface area contributed by atoms with E-state index in [9.17, 15) is 14.4 Å². The molecule has 0 spiro atoms. The van der Waals surface area contributed by atoms with Gasteiger partial charge >= 0.3 is 11.9 Å². The van der Waals surface area contributed by atoms with Crippen molar-refractivity contribution in [1.29, 1.82) is 0 Å². The number of allylic oxidation sites excluding steroid dienone is 2. The lowest BCUT2D eigenvalue weighted by atomic mass is 9.93. The average molecular weight is 375 g/mol. The maximum Gasteiger partial charge on any atom is 0.341 e. The molecule has 0 bridgehead atoms. The molecule has 1 aromatic rings. The van der Waals surface area contributed by atoms with Crippen molar-refractivity contribution >= 4 is 23.5 Å². The second-order valence-electron chi connectivity index (χ2n) is 6.45. The molecule has 7 nitrogen and oxygen atoms in total. The van der Waals surface area contributed by atoms with Crippen molar-refractivity contribution in [2.75, 3.05) is 19.5 Å². The highest BCUT2D eigenvalue weighted by Crippen LogP contribution is 2.41. The minimum atomic E-state index is -0.452. The van der Waals surface area contributed by atoms with Crippen molar-refractivity contribution < 1.29 is 28.6 Å². The molecule has 0 saturated carbocycles. The summed E-state index contributed by atoms with van der Waals surface area (Å²) < 4.78 is 15.4. The number of carbonyl (C=O) groups excluding carboxylic acids is 3. The summed E-state index contributed by atoms with van der Waals surface area (Å²) in [6, 6.07) is 0. The van der Waals surface area contributed by atoms with Gasteiger partial charge in [0.25, 0.3) is 0 Å². The maximum absolute atomic E-state index is 12.2. The van der Waals surface area contributed by atoms with Crippen LogP contribution in [0.4, 0.5) is 5.69 Å². The molecule has 1 aliphatic rings. The van der Waals surface area contributed by atoms with Gasteiger partial charge in [-0.1, -0.05) is 11.6 Å². The Kier molecular flexibility index (Phi) is 6.60. The second kappa shape index (κ2) is 8.70. The van der Waals surface area contributed by atoms with E-state index in [4.69, 9.17) is 9.47 Å². The van der Waals surface area contributed by atoms with Crippen LogP contribution in [0.5, 0.6) is 5.75 Å². The first-order valence-electron chi connectivity index (χ1n) is 8.69. The van der Waals surface area contributed by atoms with Crippen molar-refractivity contribution in [3.8, 4) is 5.75 Å². The SMILES string of the molecule is COC(=O)CCC(C)=CCc1c(NC(C)=O)c2c(c(C)c1OC)COC2=O. The zero-order valence-corrected chi connectivity index (χ0v) is 16.4. The summed E-state index contributed by atoms with van der Waals surface area (Å²) >= 11 is 0. The van der Waals surface area contributed by atoms with E-state index in [-0.39, 0.29) is 18.5 Å². The molecule has 0 atom stereocenters. The van der Waals surface area contributed by atoms with E-state index in [1.807, 2.05) is 19.9 Å². The lowest BCUT2D eigenvalue weighted by Gasteiger charge is -2.19. The fourth-order valence-corrected chi connectivity index (χ4v) is 3.15. The molecule has 1 aromatic carbocycles. The van der Waals surface area contributed by atoms with E-state index in [1.54, 1.807) is 7.11 Å². The Morgan fingerprint density at radius 1 is 1.22 bits per heavy atom. The van der Waals surface area contributed by atoms with Gasteiger partial charge in [-0.3, -0.25) is 9.59 Å². The number of carbonyl (C=O) groups is 3. The van der Waals surface area contributed by atoms with Gasteiger partial charge in [0, 0.05) is 24.5 Å². The highest BCUT2D eigenvalue weighted by Gasteiger charge is 2.32. The van der Waals surface area contributed by atoms with Crippen LogP contribution < -0.4 is 10.1 Å². The number of rotatable bonds is 7. The predicted molar refractivity (Wildman–Crippen MR) is 99.9 cm³/mol. The fraction of sp³-hybridized carbons (Fsp3) is 0.450. The van der Waals surface area contributed by atoms with Gasteiger partial charge in [-0.2, -0.15) is 0 Å². The third kappa shape index (κ3) is 4.48. The zero-order chi connectivity index (χ0) is 20.1. The summed E-state index contributed by atoms with van der Waals surface area (Å²) in [5, 5.41) is 2.77. The number of ether oxygens (including phenoxy) is 3. The first kappa shape index (κ1) is 20.5. The first-order chi connectivity index (χ1) is 12.8. The summed E-state index contributed by atoms with van der Waals surface area (Å²) in [5.74, 6) is -0.384. The van der Waals surface area contributed by atoms with E-state index in [0.29, 0.717) is 41.8 Å². The molecule has 0 fully saturated rings. The monoisotopic (exact) mass is 375 g/mol. The fourth-order valence-electron chi connectivity index (χ4n) is 3.15. The number of esters is 2. The summed E-state index contributed by atoms with van der Waals surface area (Å²) in [7, 11) is 2.92. The third-order valence-electron chi connectivity index (χ3n) is 4.58. The summed E-state index contributed by atoms with van der Waals surface area (Å²) in [6.45, 7) is 5.34. The molecule has 1 aliphatic heterocycles. The lowest BCUT2D eigenvalue weighted by Crippen LogP contribution is -2.14. The molecule has 27 heavy (non-hydrogen) atoms. The lowest BCUT2D eigenvalue weighted by molar-refractivity contribution is -0.140. The Bertz CT molecular complexity index is 809. The normalized spacial score (nSPS) is 13.1. The number of hydrogen-bond acceptors (Lipinski definition) is 6. The molecular formula is C20H25NO6. The van der Waals surface area contributed by atoms with Gasteiger partial charge < -0.3 is 19.5 Å². The van der Waals surface area contributed by atoms with Crippen molar-refractivity contribution in [1.82, 2.24) is 0 Å². The van der Waals surface area contributed by atoms with E-state index in [1.165, 1.54) is 14.0 Å². The molecule has 146 valence electrons. The molecule has 0 radical (unpaired) electrons. The number of hydrogen-bond donors (Lipinski definition) is 1. The highest BCUT2D eigenvalue weighted by atomic mass is 16.5. The van der Waals surface area contributed by atoms with Crippen molar-refractivity contribution in [2.24, 2.45) is 0 Å². The number of benzene rings is 1. The standard InChI is InChI=1S/C20H25NO6/c1-11(7-9-16(23)25-4)6-8-14-18(21-13(3)22)17-15(10-27-20(17)24)12(2)19(14)26-5/h6H,7-10H2,1-5H3,(H,21,22). The van der Waals surface area contributed by atoms with Crippen LogP contribution in [0.1, 0.15) is 53.7 Å². The molecule has 1 amide bonds. The Labute approximate surface area is 158 Å². The average Bonchev–Trinajstić information content (AvgIpc) is 3.02. The summed E-state index contributed by atoms with van der Waals surface area (Å²) in [6.07, 6.45) is 3.26. The summed E-state index contributed by atoms with van der Waals surface area (Å²) in [4.78, 5) is 35.3. The minimum absolute atomic E-state index is 0.164. The number of cyclic esters (lactones) is 1. The van der Waals surface area contributed by atoms with Crippen LogP contribution in [0, 0.1) is 6.92 Å². The number of amides is 1. The van der Waals surface area contributed by atoms with Gasteiger partial charge in [0.05, 0.1) is 25.5 Å². The van der Waals surface area contributed by atoms with Crippen LogP contribution in [0.3, 0.4) is 0 Å². The quantitative estimate of drug-likeness (QED) is 0.582. The van der Waals surface area contributed by atoms with Crippen LogP contribution in [0.15, 0.2) is 11.6 Å². The zero-order valence-electron chi connectivity index (χ0n) is 16.4. The number of fused-ring (bicyclic) bond motifs is 1. The number of nitrogens with one attached hydrogen (secondary N) is 1. The van der Waals surface area contributed by atoms with Gasteiger partial charge in [-0.25, -0.2) is 4.79 Å². The molecule has 0 saturated heterocycles. The number of anilines is 1. The van der Waals surface area contributed by atoms with Gasteiger partial charge in [0.1, 0.15) is 12.4 Å². The van der Waals surface area contributed by atoms with Crippen LogP contribution in [-0.2, 0) is 32.1 Å². The molecule has 0 unspecified atom stereocenters. The van der Waals surface area contributed by atoms with E-state index >= 15 is 0 Å². The largest absolute Gasteiger partial charge is 0.496 e. The highest BCUT2D eigenvalue weighted by molar-refractivity contribution is 6.05. The van der Waals surface area contributed by atoms with E-state index in [0.717, 1.165) is 16.7 Å². The third-order valence-corrected chi connectivity index (χ3v) is 4.58. The molecule has 0 aliphatic carbocycles. The Morgan fingerprint density at radius 2 is 1.93 bits per heavy atom. The molecule has 7 heteroatoms. The van der Waals surface area contributed by atoms with E-state index < -0.39 is 5.97 Å². The summed E-state index contributed by atoms with van der Waals surface area (Å²) in [5.41, 5.74) is 4.08. The van der Waals surface area contributed by atoms with Gasteiger partial charge in [0.15, 0.2) is 0 Å².